The Labute approximate surface area is 112 Å². The normalized spacial score (nSPS) is 16.2. The van der Waals surface area contributed by atoms with E-state index in [1.807, 2.05) is 6.07 Å². The van der Waals surface area contributed by atoms with Crippen molar-refractivity contribution in [2.45, 2.75) is 0 Å². The second kappa shape index (κ2) is 4.78. The van der Waals surface area contributed by atoms with Gasteiger partial charge in [0.2, 0.25) is 0 Å². The number of halogens is 2. The topological polar surface area (TPSA) is 41.0 Å². The third-order valence-corrected chi connectivity index (χ3v) is 3.51. The van der Waals surface area contributed by atoms with Crippen LogP contribution >= 0.6 is 15.9 Å². The van der Waals surface area contributed by atoms with Gasteiger partial charge in [-0.05, 0) is 12.1 Å². The standard InChI is InChI=1S/C12H12BrFN4/c13-8-5-9-11(10(14)6-8)16-7-17-12(9)18-3-1-15-2-4-18/h5-7,15H,1-4H2. The number of rotatable bonds is 1. The van der Waals surface area contributed by atoms with Crippen molar-refractivity contribution < 1.29 is 4.39 Å². The Bertz CT molecular complexity index is 584. The number of fused-ring (bicyclic) bond motifs is 1. The van der Waals surface area contributed by atoms with Gasteiger partial charge >= 0.3 is 0 Å². The zero-order valence-corrected chi connectivity index (χ0v) is 11.2. The maximum atomic E-state index is 13.8. The van der Waals surface area contributed by atoms with E-state index in [1.165, 1.54) is 12.4 Å². The van der Waals surface area contributed by atoms with E-state index >= 15 is 0 Å². The fourth-order valence-electron chi connectivity index (χ4n) is 2.21. The molecule has 2 aromatic rings. The van der Waals surface area contributed by atoms with Crippen LogP contribution in [0.3, 0.4) is 0 Å². The van der Waals surface area contributed by atoms with Crippen LogP contribution < -0.4 is 10.2 Å². The largest absolute Gasteiger partial charge is 0.353 e. The van der Waals surface area contributed by atoms with Crippen molar-refractivity contribution in [2.24, 2.45) is 0 Å². The zero-order valence-electron chi connectivity index (χ0n) is 9.66. The molecule has 1 aromatic heterocycles. The maximum Gasteiger partial charge on any atom is 0.150 e. The fraction of sp³-hybridized carbons (Fsp3) is 0.333. The van der Waals surface area contributed by atoms with E-state index in [4.69, 9.17) is 0 Å². The molecule has 1 aliphatic heterocycles. The lowest BCUT2D eigenvalue weighted by Gasteiger charge is -2.29. The number of anilines is 1. The van der Waals surface area contributed by atoms with Crippen LogP contribution in [0, 0.1) is 5.82 Å². The molecule has 0 bridgehead atoms. The summed E-state index contributed by atoms with van der Waals surface area (Å²) in [5, 5.41) is 4.04. The Morgan fingerprint density at radius 1 is 1.22 bits per heavy atom. The van der Waals surface area contributed by atoms with Crippen molar-refractivity contribution in [1.82, 2.24) is 15.3 Å². The smallest absolute Gasteiger partial charge is 0.150 e. The third-order valence-electron chi connectivity index (χ3n) is 3.05. The first kappa shape index (κ1) is 11.8. The second-order valence-corrected chi connectivity index (χ2v) is 5.13. The van der Waals surface area contributed by atoms with E-state index in [2.05, 4.69) is 36.1 Å². The molecular formula is C12H12BrFN4. The molecule has 4 nitrogen and oxygen atoms in total. The maximum absolute atomic E-state index is 13.8. The summed E-state index contributed by atoms with van der Waals surface area (Å²) >= 11 is 3.32. The average molecular weight is 311 g/mol. The first-order chi connectivity index (χ1) is 8.75. The molecule has 2 heterocycles. The van der Waals surface area contributed by atoms with Gasteiger partial charge < -0.3 is 10.2 Å². The summed E-state index contributed by atoms with van der Waals surface area (Å²) in [6.45, 7) is 3.59. The SMILES string of the molecule is Fc1cc(Br)cc2c(N3CCNCC3)ncnc12. The number of aromatic nitrogens is 2. The number of hydrogen-bond acceptors (Lipinski definition) is 4. The molecule has 0 radical (unpaired) electrons. The second-order valence-electron chi connectivity index (χ2n) is 4.22. The first-order valence-corrected chi connectivity index (χ1v) is 6.60. The number of nitrogens with one attached hydrogen (secondary N) is 1. The van der Waals surface area contributed by atoms with Crippen LogP contribution in [0.25, 0.3) is 10.9 Å². The molecule has 0 amide bonds. The summed E-state index contributed by atoms with van der Waals surface area (Å²) in [5.74, 6) is 0.486. The molecule has 1 fully saturated rings. The highest BCUT2D eigenvalue weighted by molar-refractivity contribution is 9.10. The van der Waals surface area contributed by atoms with E-state index in [0.29, 0.717) is 9.99 Å². The molecule has 0 aliphatic carbocycles. The van der Waals surface area contributed by atoms with Crippen LogP contribution in [-0.4, -0.2) is 36.1 Å². The number of piperazine rings is 1. The van der Waals surface area contributed by atoms with E-state index in [0.717, 1.165) is 37.4 Å². The van der Waals surface area contributed by atoms with Gasteiger partial charge in [0.15, 0.2) is 5.82 Å². The third kappa shape index (κ3) is 2.06. The molecule has 0 unspecified atom stereocenters. The van der Waals surface area contributed by atoms with Gasteiger partial charge in [-0.25, -0.2) is 14.4 Å². The zero-order chi connectivity index (χ0) is 12.5. The van der Waals surface area contributed by atoms with Gasteiger partial charge in [0, 0.05) is 36.0 Å². The van der Waals surface area contributed by atoms with Gasteiger partial charge in [0.25, 0.3) is 0 Å². The average Bonchev–Trinajstić information content (AvgIpc) is 2.39. The lowest BCUT2D eigenvalue weighted by molar-refractivity contribution is 0.585. The fourth-order valence-corrected chi connectivity index (χ4v) is 2.64. The van der Waals surface area contributed by atoms with Crippen molar-refractivity contribution in [3.05, 3.63) is 28.7 Å². The molecule has 94 valence electrons. The Hall–Kier alpha value is -1.27. The molecule has 1 saturated heterocycles. The molecule has 1 aliphatic rings. The van der Waals surface area contributed by atoms with Gasteiger partial charge in [-0.1, -0.05) is 15.9 Å². The molecule has 1 N–H and O–H groups in total. The highest BCUT2D eigenvalue weighted by Crippen LogP contribution is 2.28. The summed E-state index contributed by atoms with van der Waals surface area (Å²) in [6, 6.07) is 3.30. The molecule has 1 aromatic carbocycles. The van der Waals surface area contributed by atoms with Crippen molar-refractivity contribution >= 4 is 32.7 Å². The van der Waals surface area contributed by atoms with Crippen molar-refractivity contribution in [3.63, 3.8) is 0 Å². The summed E-state index contributed by atoms with van der Waals surface area (Å²) in [6.07, 6.45) is 1.43. The monoisotopic (exact) mass is 310 g/mol. The van der Waals surface area contributed by atoms with Gasteiger partial charge in [-0.3, -0.25) is 0 Å². The van der Waals surface area contributed by atoms with Crippen LogP contribution in [0.2, 0.25) is 0 Å². The molecule has 0 spiro atoms. The highest BCUT2D eigenvalue weighted by atomic mass is 79.9. The van der Waals surface area contributed by atoms with Crippen molar-refractivity contribution in [3.8, 4) is 0 Å². The minimum absolute atomic E-state index is 0.321. The summed E-state index contributed by atoms with van der Waals surface area (Å²) in [5.41, 5.74) is 0.377. The van der Waals surface area contributed by atoms with Crippen molar-refractivity contribution in [2.75, 3.05) is 31.1 Å². The van der Waals surface area contributed by atoms with E-state index < -0.39 is 0 Å². The molecule has 0 atom stereocenters. The molecule has 6 heteroatoms. The highest BCUT2D eigenvalue weighted by Gasteiger charge is 2.16. The van der Waals surface area contributed by atoms with Crippen LogP contribution in [0.1, 0.15) is 0 Å². The van der Waals surface area contributed by atoms with E-state index in [-0.39, 0.29) is 5.82 Å². The first-order valence-electron chi connectivity index (χ1n) is 5.81. The van der Waals surface area contributed by atoms with Crippen LogP contribution in [-0.2, 0) is 0 Å². The molecular weight excluding hydrogens is 299 g/mol. The van der Waals surface area contributed by atoms with Gasteiger partial charge in [0.1, 0.15) is 17.7 Å². The lowest BCUT2D eigenvalue weighted by Crippen LogP contribution is -2.44. The summed E-state index contributed by atoms with van der Waals surface area (Å²) in [7, 11) is 0. The Kier molecular flexibility index (Phi) is 3.13. The van der Waals surface area contributed by atoms with Gasteiger partial charge in [-0.15, -0.1) is 0 Å². The number of benzene rings is 1. The Morgan fingerprint density at radius 2 is 2.00 bits per heavy atom. The van der Waals surface area contributed by atoms with Gasteiger partial charge in [-0.2, -0.15) is 0 Å². The minimum atomic E-state index is -0.321. The Morgan fingerprint density at radius 3 is 2.78 bits per heavy atom. The molecule has 18 heavy (non-hydrogen) atoms. The Balaban J connectivity index is 2.16. The molecule has 0 saturated carbocycles. The predicted molar refractivity (Wildman–Crippen MR) is 72.3 cm³/mol. The summed E-state index contributed by atoms with van der Waals surface area (Å²) < 4.78 is 14.6. The van der Waals surface area contributed by atoms with E-state index in [9.17, 15) is 4.39 Å². The van der Waals surface area contributed by atoms with E-state index in [1.54, 1.807) is 0 Å². The molecule has 3 rings (SSSR count). The summed E-state index contributed by atoms with van der Waals surface area (Å²) in [4.78, 5) is 10.5. The predicted octanol–water partition coefficient (Wildman–Crippen LogP) is 1.94. The van der Waals surface area contributed by atoms with Crippen LogP contribution in [0.4, 0.5) is 10.2 Å². The minimum Gasteiger partial charge on any atom is -0.353 e. The quantitative estimate of drug-likeness (QED) is 0.874. The van der Waals surface area contributed by atoms with Crippen LogP contribution in [0.15, 0.2) is 22.9 Å². The van der Waals surface area contributed by atoms with Crippen LogP contribution in [0.5, 0.6) is 0 Å². The lowest BCUT2D eigenvalue weighted by atomic mass is 10.2. The number of nitrogens with zero attached hydrogens (tertiary/aromatic N) is 3. The number of hydrogen-bond donors (Lipinski definition) is 1. The van der Waals surface area contributed by atoms with Crippen molar-refractivity contribution in [1.29, 1.82) is 0 Å². The van der Waals surface area contributed by atoms with Gasteiger partial charge in [0.05, 0.1) is 0 Å².